The lowest BCUT2D eigenvalue weighted by Gasteiger charge is -2.49. The Bertz CT molecular complexity index is 3780. The number of fused-ring (bicyclic) bond motifs is 12. The topological polar surface area (TPSA) is 252 Å². The zero-order chi connectivity index (χ0) is 72.1. The highest BCUT2D eigenvalue weighted by atomic mass is 16.7. The van der Waals surface area contributed by atoms with Crippen molar-refractivity contribution in [1.29, 1.82) is 0 Å². The predicted molar refractivity (Wildman–Crippen MR) is 390 cm³/mol. The number of nitrogens with one attached hydrogen (secondary N) is 2. The Morgan fingerprint density at radius 3 is 1.28 bits per heavy atom. The lowest BCUT2D eigenvalue weighted by molar-refractivity contribution is -0.384. The van der Waals surface area contributed by atoms with Crippen molar-refractivity contribution in [3.8, 4) is 23.0 Å². The predicted octanol–water partition coefficient (Wildman–Crippen LogP) is 17.1. The minimum absolute atomic E-state index is 0.0143. The number of rotatable bonds is 21. The van der Waals surface area contributed by atoms with E-state index in [-0.39, 0.29) is 83.0 Å². The average molecular weight is 1400 g/mol. The van der Waals surface area contributed by atoms with Crippen molar-refractivity contribution >= 4 is 36.0 Å². The van der Waals surface area contributed by atoms with E-state index in [1.165, 1.54) is 90.6 Å². The Balaban J connectivity index is 0.000000168. The van der Waals surface area contributed by atoms with Gasteiger partial charge < -0.3 is 54.3 Å². The molecule has 6 aliphatic carbocycles. The molecule has 2 amide bonds. The lowest BCUT2D eigenvalue weighted by Crippen LogP contribution is -2.57. The molecule has 0 saturated heterocycles. The molecule has 6 bridgehead atoms. The Morgan fingerprint density at radius 1 is 0.471 bits per heavy atom. The number of alkyl carbamates (subject to hydrolysis) is 2. The smallest absolute Gasteiger partial charge is 0.445 e. The van der Waals surface area contributed by atoms with E-state index in [9.17, 15) is 34.1 Å². The summed E-state index contributed by atoms with van der Waals surface area (Å²) in [5.41, 5.74) is 15.2. The van der Waals surface area contributed by atoms with Gasteiger partial charge in [-0.1, -0.05) is 157 Å². The lowest BCUT2D eigenvalue weighted by atomic mass is 9.59. The van der Waals surface area contributed by atoms with Gasteiger partial charge in [-0.25, -0.2) is 14.4 Å². The number of esters is 2. The number of hydrogen-bond donors (Lipinski definition) is 3. The molecule has 0 aromatic heterocycles. The molecule has 12 rings (SSSR count). The third-order valence-corrected chi connectivity index (χ3v) is 22.3. The maximum absolute atomic E-state index is 13.0. The molecule has 546 valence electrons. The molecule has 3 saturated carbocycles. The minimum Gasteiger partial charge on any atom is -0.445 e. The molecule has 0 unspecified atom stereocenters. The van der Waals surface area contributed by atoms with Gasteiger partial charge in [-0.2, -0.15) is 0 Å². The fraction of sp³-hybridized carbons (Fsp3) is 0.506. The summed E-state index contributed by atoms with van der Waals surface area (Å²) >= 11 is 0. The number of amides is 2. The van der Waals surface area contributed by atoms with E-state index in [1.807, 2.05) is 91.0 Å². The molecule has 9 atom stereocenters. The van der Waals surface area contributed by atoms with Crippen LogP contribution < -0.4 is 35.3 Å². The average Bonchev–Trinajstić information content (AvgIpc) is 0.794. The zero-order valence-corrected chi connectivity index (χ0v) is 60.2. The number of hydrogen-bond acceptors (Lipinski definition) is 16. The van der Waals surface area contributed by atoms with Crippen molar-refractivity contribution in [3.05, 3.63) is 194 Å². The molecule has 0 aliphatic heterocycles. The zero-order valence-electron chi connectivity index (χ0n) is 60.2. The molecule has 6 aromatic rings. The quantitative estimate of drug-likeness (QED) is 0.0151. The highest BCUT2D eigenvalue weighted by molar-refractivity contribution is 5.74. The van der Waals surface area contributed by atoms with Gasteiger partial charge in [0.25, 0.3) is 5.69 Å². The van der Waals surface area contributed by atoms with Crippen LogP contribution in [0.4, 0.5) is 20.1 Å². The normalized spacial score (nSPS) is 23.7. The summed E-state index contributed by atoms with van der Waals surface area (Å²) < 4.78 is 43.3. The Labute approximate surface area is 601 Å². The van der Waals surface area contributed by atoms with E-state index in [0.717, 1.165) is 119 Å². The standard InChI is InChI=1S/C31H32N2O7.C30H39NO5.C22H33NO3/c1-31-17-7-3-6-10-23(28(31)32-29(34)38-20-21-8-4-2-5-9-21)18-22-11-14-26(19-27(22)31)40-30(35)39-25-15-12-24(13-16-25)33(36)37;1-30-17-9-4-7-13-24(28(30)31-29(33)35-21-22-11-5-3-6-12-22)19-23-15-16-25(20-26(23)30)36-27(32)14-8-10-18-34-2;1-22-12-6-3-4-8-17(21(22)23)14-16-10-11-18(15-19(16)22)26-20(24)9-5-7-13-25-2/h2,4-5,8-9,11-16,19,23,28H,3,6-7,10,17-18,20H2,1H3,(H,32,34);3,5-6,11-12,15-16,20,24,28H,4,7-10,13-14,17-19,21H2,1-2H3,(H,31,33);10-11,15,17,21H,3-9,12-14,23H2,1-2H3/t23-,28-,31+;24-,28-,30+;17-,21-,22+/m000/s1. The summed E-state index contributed by atoms with van der Waals surface area (Å²) in [6.07, 6.45) is 21.9. The van der Waals surface area contributed by atoms with Crippen molar-refractivity contribution in [2.24, 2.45) is 23.5 Å². The summed E-state index contributed by atoms with van der Waals surface area (Å²) in [5, 5.41) is 17.3. The van der Waals surface area contributed by atoms with E-state index in [4.69, 9.17) is 43.6 Å². The number of non-ortho nitro benzene ring substituents is 1. The first-order chi connectivity index (χ1) is 49.3. The molecule has 0 heterocycles. The number of ether oxygens (including phenoxy) is 8. The number of nitrogens with zero attached hydrogens (tertiary/aromatic N) is 1. The van der Waals surface area contributed by atoms with E-state index < -0.39 is 17.2 Å². The van der Waals surface area contributed by atoms with Gasteiger partial charge in [-0.15, -0.1) is 0 Å². The van der Waals surface area contributed by atoms with Crippen LogP contribution in [0.25, 0.3) is 0 Å². The summed E-state index contributed by atoms with van der Waals surface area (Å²) in [7, 11) is 3.34. The largest absolute Gasteiger partial charge is 0.519 e. The van der Waals surface area contributed by atoms with Crippen molar-refractivity contribution < 1.29 is 66.8 Å². The van der Waals surface area contributed by atoms with Crippen LogP contribution in [0.1, 0.15) is 200 Å². The molecule has 19 heteroatoms. The van der Waals surface area contributed by atoms with Crippen LogP contribution in [0.15, 0.2) is 140 Å². The Hall–Kier alpha value is -8.65. The molecule has 19 nitrogen and oxygen atoms in total. The van der Waals surface area contributed by atoms with E-state index in [0.29, 0.717) is 55.1 Å². The van der Waals surface area contributed by atoms with Crippen molar-refractivity contribution in [2.75, 3.05) is 27.4 Å². The number of nitro benzene ring substituents is 1. The summed E-state index contributed by atoms with van der Waals surface area (Å²) in [4.78, 5) is 73.2. The molecular weight excluding hydrogens is 1290 g/mol. The van der Waals surface area contributed by atoms with Crippen LogP contribution in [-0.2, 0) is 77.3 Å². The van der Waals surface area contributed by atoms with Crippen molar-refractivity contribution in [3.63, 3.8) is 0 Å². The fourth-order valence-corrected chi connectivity index (χ4v) is 16.8. The van der Waals surface area contributed by atoms with E-state index >= 15 is 0 Å². The van der Waals surface area contributed by atoms with E-state index in [2.05, 4.69) is 49.6 Å². The number of nitrogens with two attached hydrogens (primary N) is 1. The molecule has 102 heavy (non-hydrogen) atoms. The summed E-state index contributed by atoms with van der Waals surface area (Å²) in [6, 6.07) is 42.4. The van der Waals surface area contributed by atoms with Gasteiger partial charge in [0, 0.05) is 86.8 Å². The van der Waals surface area contributed by atoms with Crippen LogP contribution in [0.2, 0.25) is 0 Å². The number of benzene rings is 6. The van der Waals surface area contributed by atoms with Gasteiger partial charge in [-0.3, -0.25) is 19.7 Å². The van der Waals surface area contributed by atoms with Crippen molar-refractivity contribution in [2.45, 2.75) is 222 Å². The second-order valence-corrected chi connectivity index (χ2v) is 29.3. The van der Waals surface area contributed by atoms with Crippen LogP contribution in [-0.4, -0.2) is 80.8 Å². The highest BCUT2D eigenvalue weighted by Crippen LogP contribution is 2.51. The fourth-order valence-electron chi connectivity index (χ4n) is 16.8. The van der Waals surface area contributed by atoms with Crippen LogP contribution in [0, 0.1) is 27.9 Å². The van der Waals surface area contributed by atoms with Gasteiger partial charge in [0.15, 0.2) is 0 Å². The van der Waals surface area contributed by atoms with Crippen LogP contribution >= 0.6 is 0 Å². The maximum atomic E-state index is 13.0. The minimum atomic E-state index is -0.940. The third-order valence-electron chi connectivity index (χ3n) is 22.3. The highest BCUT2D eigenvalue weighted by Gasteiger charge is 2.49. The Morgan fingerprint density at radius 2 is 0.853 bits per heavy atom. The van der Waals surface area contributed by atoms with E-state index in [1.54, 1.807) is 20.3 Å². The van der Waals surface area contributed by atoms with Crippen LogP contribution in [0.5, 0.6) is 23.0 Å². The number of unbranched alkanes of at least 4 members (excludes halogenated alkanes) is 2. The number of nitro groups is 1. The summed E-state index contributed by atoms with van der Waals surface area (Å²) in [6.45, 7) is 8.52. The van der Waals surface area contributed by atoms with Crippen LogP contribution in [0.3, 0.4) is 0 Å². The molecule has 6 aromatic carbocycles. The molecule has 6 aliphatic rings. The summed E-state index contributed by atoms with van der Waals surface area (Å²) in [5.74, 6) is 2.51. The number of methoxy groups -OCH3 is 2. The van der Waals surface area contributed by atoms with Gasteiger partial charge >= 0.3 is 30.3 Å². The molecular formula is C83H104N4O15. The molecule has 0 spiro atoms. The monoisotopic (exact) mass is 1400 g/mol. The van der Waals surface area contributed by atoms with Gasteiger partial charge in [-0.05, 0) is 194 Å². The maximum Gasteiger partial charge on any atom is 0.519 e. The van der Waals surface area contributed by atoms with Gasteiger partial charge in [0.05, 0.1) is 4.92 Å². The number of carbonyl (C=O) groups is 5. The second-order valence-electron chi connectivity index (χ2n) is 29.3. The van der Waals surface area contributed by atoms with Crippen molar-refractivity contribution in [1.82, 2.24) is 10.6 Å². The molecule has 0 radical (unpaired) electrons. The SMILES string of the molecule is COCCCCC(=O)Oc1ccc2c(c1)[C@@]1(C)CCCCC[C@@H](C2)[C@@H]1N.COCCCCC(=O)Oc1ccc2c(c1)[C@@]1(C)CCCCC[C@@H](C2)[C@@H]1NC(=O)OCc1ccccc1.C[C@@]12CCCCC[C@@H](Cc3ccc(OC(=O)Oc4ccc([N+](=O)[O-])cc4)cc31)[C@@H]2NC(=O)OCc1ccccc1. The molecule has 4 N–H and O–H groups in total. The van der Waals surface area contributed by atoms with Gasteiger partial charge in [0.2, 0.25) is 0 Å². The first-order valence-electron chi connectivity index (χ1n) is 37.0. The third kappa shape index (κ3) is 19.9. The number of carbonyl (C=O) groups excluding carboxylic acids is 5. The first-order valence-corrected chi connectivity index (χ1v) is 37.0. The first kappa shape index (κ1) is 76.0. The van der Waals surface area contributed by atoms with Gasteiger partial charge in [0.1, 0.15) is 36.2 Å². The second kappa shape index (κ2) is 36.5. The Kier molecular flexibility index (Phi) is 27.2. The molecule has 3 fully saturated rings.